The summed E-state index contributed by atoms with van der Waals surface area (Å²) in [6.07, 6.45) is 1.58. The number of hydrogen-bond acceptors (Lipinski definition) is 4. The second-order valence-electron chi connectivity index (χ2n) is 5.06. The van der Waals surface area contributed by atoms with Crippen molar-refractivity contribution in [2.75, 3.05) is 13.6 Å². The fraction of sp³-hybridized carbons (Fsp3) is 0.333. The minimum absolute atomic E-state index is 0.305. The van der Waals surface area contributed by atoms with E-state index in [4.69, 9.17) is 9.52 Å². The van der Waals surface area contributed by atoms with Crippen LogP contribution in [0, 0.1) is 11.7 Å². The Labute approximate surface area is 122 Å². The standard InChI is InChI=1S/C15H17FN2O3/c1-10(15(19)20)8-18(2)9-14-17-7-13(21-14)11-3-5-12(16)6-4-11/h3-7,10H,8-9H2,1-2H3,(H,19,20). The maximum atomic E-state index is 12.9. The monoisotopic (exact) mass is 292 g/mol. The lowest BCUT2D eigenvalue weighted by molar-refractivity contribution is -0.141. The van der Waals surface area contributed by atoms with Crippen molar-refractivity contribution < 1.29 is 18.7 Å². The zero-order valence-corrected chi connectivity index (χ0v) is 11.9. The predicted octanol–water partition coefficient (Wildman–Crippen LogP) is 2.63. The van der Waals surface area contributed by atoms with Crippen molar-refractivity contribution in [1.29, 1.82) is 0 Å². The van der Waals surface area contributed by atoms with Gasteiger partial charge in [-0.3, -0.25) is 9.69 Å². The molecule has 0 aliphatic rings. The van der Waals surface area contributed by atoms with Crippen LogP contribution in [0.15, 0.2) is 34.9 Å². The summed E-state index contributed by atoms with van der Waals surface area (Å²) in [6.45, 7) is 2.47. The van der Waals surface area contributed by atoms with Crippen LogP contribution in [0.5, 0.6) is 0 Å². The number of aliphatic carboxylic acids is 1. The molecule has 21 heavy (non-hydrogen) atoms. The molecule has 5 nitrogen and oxygen atoms in total. The molecule has 2 rings (SSSR count). The fourth-order valence-corrected chi connectivity index (χ4v) is 1.97. The number of rotatable bonds is 6. The molecular formula is C15H17FN2O3. The Bertz CT molecular complexity index is 610. The van der Waals surface area contributed by atoms with Gasteiger partial charge in [0.15, 0.2) is 5.76 Å². The van der Waals surface area contributed by atoms with E-state index in [9.17, 15) is 9.18 Å². The van der Waals surface area contributed by atoms with Crippen LogP contribution in [-0.2, 0) is 11.3 Å². The highest BCUT2D eigenvalue weighted by Gasteiger charge is 2.15. The molecule has 0 aliphatic carbocycles. The third-order valence-electron chi connectivity index (χ3n) is 3.09. The van der Waals surface area contributed by atoms with E-state index >= 15 is 0 Å². The van der Waals surface area contributed by atoms with Crippen LogP contribution in [0.25, 0.3) is 11.3 Å². The summed E-state index contributed by atoms with van der Waals surface area (Å²) in [6, 6.07) is 5.96. The highest BCUT2D eigenvalue weighted by atomic mass is 19.1. The lowest BCUT2D eigenvalue weighted by Crippen LogP contribution is -2.28. The first-order chi connectivity index (χ1) is 9.95. The summed E-state index contributed by atoms with van der Waals surface area (Å²) in [7, 11) is 1.81. The first kappa shape index (κ1) is 15.2. The summed E-state index contributed by atoms with van der Waals surface area (Å²) in [5.74, 6) is -0.539. The number of halogens is 1. The van der Waals surface area contributed by atoms with Crippen molar-refractivity contribution in [2.24, 2.45) is 5.92 Å². The van der Waals surface area contributed by atoms with Crippen LogP contribution in [0.1, 0.15) is 12.8 Å². The fourth-order valence-electron chi connectivity index (χ4n) is 1.97. The maximum Gasteiger partial charge on any atom is 0.307 e. The smallest absolute Gasteiger partial charge is 0.307 e. The first-order valence-electron chi connectivity index (χ1n) is 6.57. The highest BCUT2D eigenvalue weighted by Crippen LogP contribution is 2.21. The Hall–Kier alpha value is -2.21. The van der Waals surface area contributed by atoms with Crippen LogP contribution in [-0.4, -0.2) is 34.6 Å². The molecule has 0 radical (unpaired) electrons. The molecule has 1 heterocycles. The van der Waals surface area contributed by atoms with Gasteiger partial charge in [0.05, 0.1) is 18.7 Å². The van der Waals surface area contributed by atoms with Gasteiger partial charge < -0.3 is 9.52 Å². The molecule has 0 bridgehead atoms. The van der Waals surface area contributed by atoms with E-state index in [1.807, 2.05) is 4.90 Å². The third kappa shape index (κ3) is 4.13. The van der Waals surface area contributed by atoms with Gasteiger partial charge in [-0.25, -0.2) is 9.37 Å². The van der Waals surface area contributed by atoms with Gasteiger partial charge in [-0.1, -0.05) is 6.92 Å². The second-order valence-corrected chi connectivity index (χ2v) is 5.06. The number of oxazole rings is 1. The van der Waals surface area contributed by atoms with E-state index in [1.165, 1.54) is 12.1 Å². The average Bonchev–Trinajstić information content (AvgIpc) is 2.87. The summed E-state index contributed by atoms with van der Waals surface area (Å²) >= 11 is 0. The van der Waals surface area contributed by atoms with E-state index < -0.39 is 11.9 Å². The Morgan fingerprint density at radius 3 is 2.71 bits per heavy atom. The SMILES string of the molecule is CC(CN(C)Cc1ncc(-c2ccc(F)cc2)o1)C(=O)O. The Balaban J connectivity index is 2.00. The van der Waals surface area contributed by atoms with Crippen molar-refractivity contribution in [3.63, 3.8) is 0 Å². The van der Waals surface area contributed by atoms with Crippen LogP contribution in [0.2, 0.25) is 0 Å². The average molecular weight is 292 g/mol. The molecule has 0 amide bonds. The highest BCUT2D eigenvalue weighted by molar-refractivity contribution is 5.69. The minimum Gasteiger partial charge on any atom is -0.481 e. The van der Waals surface area contributed by atoms with Crippen LogP contribution >= 0.6 is 0 Å². The van der Waals surface area contributed by atoms with Gasteiger partial charge in [0.25, 0.3) is 0 Å². The molecule has 2 aromatic rings. The topological polar surface area (TPSA) is 66.6 Å². The quantitative estimate of drug-likeness (QED) is 0.886. The van der Waals surface area contributed by atoms with E-state index in [0.29, 0.717) is 24.7 Å². The number of aromatic nitrogens is 1. The zero-order valence-electron chi connectivity index (χ0n) is 11.9. The van der Waals surface area contributed by atoms with E-state index in [1.54, 1.807) is 32.3 Å². The van der Waals surface area contributed by atoms with Crippen molar-refractivity contribution >= 4 is 5.97 Å². The number of benzene rings is 1. The van der Waals surface area contributed by atoms with Crippen LogP contribution < -0.4 is 0 Å². The molecule has 6 heteroatoms. The Kier molecular flexibility index (Phi) is 4.70. The third-order valence-corrected chi connectivity index (χ3v) is 3.09. The number of carboxylic acid groups (broad SMARTS) is 1. The molecule has 0 saturated heterocycles. The number of carboxylic acids is 1. The summed E-state index contributed by atoms with van der Waals surface area (Å²) in [5.41, 5.74) is 0.747. The van der Waals surface area contributed by atoms with Gasteiger partial charge in [0.1, 0.15) is 5.82 Å². The lowest BCUT2D eigenvalue weighted by atomic mass is 10.2. The summed E-state index contributed by atoms with van der Waals surface area (Å²) in [4.78, 5) is 16.8. The van der Waals surface area contributed by atoms with Gasteiger partial charge in [0.2, 0.25) is 5.89 Å². The molecule has 0 fully saturated rings. The number of nitrogens with zero attached hydrogens (tertiary/aromatic N) is 2. The van der Waals surface area contributed by atoms with Crippen LogP contribution in [0.4, 0.5) is 4.39 Å². The Morgan fingerprint density at radius 1 is 1.43 bits per heavy atom. The largest absolute Gasteiger partial charge is 0.481 e. The number of carbonyl (C=O) groups is 1. The molecule has 0 saturated carbocycles. The molecule has 1 N–H and O–H groups in total. The van der Waals surface area contributed by atoms with Gasteiger partial charge >= 0.3 is 5.97 Å². The predicted molar refractivity (Wildman–Crippen MR) is 75.0 cm³/mol. The molecule has 1 aromatic heterocycles. The minimum atomic E-state index is -0.832. The van der Waals surface area contributed by atoms with Gasteiger partial charge in [-0.15, -0.1) is 0 Å². The number of hydrogen-bond donors (Lipinski definition) is 1. The molecular weight excluding hydrogens is 275 g/mol. The normalized spacial score (nSPS) is 12.6. The van der Waals surface area contributed by atoms with E-state index in [-0.39, 0.29) is 5.82 Å². The van der Waals surface area contributed by atoms with E-state index in [0.717, 1.165) is 5.56 Å². The second kappa shape index (κ2) is 6.49. The van der Waals surface area contributed by atoms with Crippen LogP contribution in [0.3, 0.4) is 0 Å². The van der Waals surface area contributed by atoms with Crippen molar-refractivity contribution in [3.05, 3.63) is 42.2 Å². The zero-order chi connectivity index (χ0) is 15.4. The molecule has 0 aliphatic heterocycles. The molecule has 1 atom stereocenters. The first-order valence-corrected chi connectivity index (χ1v) is 6.57. The summed E-state index contributed by atoms with van der Waals surface area (Å²) in [5, 5.41) is 8.88. The molecule has 1 unspecified atom stereocenters. The summed E-state index contributed by atoms with van der Waals surface area (Å²) < 4.78 is 18.5. The lowest BCUT2D eigenvalue weighted by Gasteiger charge is -2.16. The van der Waals surface area contributed by atoms with Crippen molar-refractivity contribution in [3.8, 4) is 11.3 Å². The van der Waals surface area contributed by atoms with Crippen molar-refractivity contribution in [1.82, 2.24) is 9.88 Å². The van der Waals surface area contributed by atoms with Gasteiger partial charge in [-0.05, 0) is 31.3 Å². The van der Waals surface area contributed by atoms with Crippen molar-refractivity contribution in [2.45, 2.75) is 13.5 Å². The molecule has 0 spiro atoms. The maximum absolute atomic E-state index is 12.9. The Morgan fingerprint density at radius 2 is 2.10 bits per heavy atom. The van der Waals surface area contributed by atoms with Gasteiger partial charge in [-0.2, -0.15) is 0 Å². The molecule has 112 valence electrons. The molecule has 1 aromatic carbocycles. The van der Waals surface area contributed by atoms with Gasteiger partial charge in [0, 0.05) is 12.1 Å². The van der Waals surface area contributed by atoms with E-state index in [2.05, 4.69) is 4.98 Å².